The number of fused-ring (bicyclic) bond motifs is 1. The maximum atomic E-state index is 12.9. The Hall–Kier alpha value is -1.53. The molecule has 0 amide bonds. The number of benzene rings is 1. The molecule has 1 aromatic carbocycles. The standard InChI is InChI=1S/C10H6ClFN2/c11-8-3-7(12)4-9-10(8)6(1-2-13)5-14-9/h3-5,14H,1H2. The van der Waals surface area contributed by atoms with Crippen LogP contribution in [0.3, 0.4) is 0 Å². The van der Waals surface area contributed by atoms with Gasteiger partial charge in [0.1, 0.15) is 5.82 Å². The Kier molecular flexibility index (Phi) is 2.14. The molecule has 1 aromatic heterocycles. The minimum atomic E-state index is -0.382. The van der Waals surface area contributed by atoms with Gasteiger partial charge < -0.3 is 4.98 Å². The van der Waals surface area contributed by atoms with E-state index >= 15 is 0 Å². The van der Waals surface area contributed by atoms with E-state index in [2.05, 4.69) is 4.98 Å². The number of aromatic amines is 1. The summed E-state index contributed by atoms with van der Waals surface area (Å²) in [6.45, 7) is 0. The normalized spacial score (nSPS) is 10.4. The second-order valence-electron chi connectivity index (χ2n) is 2.96. The van der Waals surface area contributed by atoms with Gasteiger partial charge in [-0.2, -0.15) is 5.26 Å². The van der Waals surface area contributed by atoms with Gasteiger partial charge >= 0.3 is 0 Å². The van der Waals surface area contributed by atoms with Crippen LogP contribution in [0.1, 0.15) is 5.56 Å². The number of aromatic nitrogens is 1. The van der Waals surface area contributed by atoms with Crippen LogP contribution in [0.4, 0.5) is 4.39 Å². The van der Waals surface area contributed by atoms with Gasteiger partial charge in [0.2, 0.25) is 0 Å². The fourth-order valence-electron chi connectivity index (χ4n) is 1.48. The van der Waals surface area contributed by atoms with Crippen LogP contribution in [0.15, 0.2) is 18.3 Å². The van der Waals surface area contributed by atoms with E-state index in [1.54, 1.807) is 6.20 Å². The molecular weight excluding hydrogens is 203 g/mol. The maximum Gasteiger partial charge on any atom is 0.126 e. The first-order chi connectivity index (χ1) is 6.72. The molecule has 2 rings (SSSR count). The van der Waals surface area contributed by atoms with Gasteiger partial charge in [0.25, 0.3) is 0 Å². The van der Waals surface area contributed by atoms with Crippen LogP contribution in [0, 0.1) is 17.1 Å². The van der Waals surface area contributed by atoms with Crippen LogP contribution < -0.4 is 0 Å². The lowest BCUT2D eigenvalue weighted by Crippen LogP contribution is -1.80. The van der Waals surface area contributed by atoms with Gasteiger partial charge in [-0.15, -0.1) is 0 Å². The van der Waals surface area contributed by atoms with Crippen molar-refractivity contribution in [3.63, 3.8) is 0 Å². The minimum Gasteiger partial charge on any atom is -0.361 e. The highest BCUT2D eigenvalue weighted by Gasteiger charge is 2.08. The van der Waals surface area contributed by atoms with E-state index in [9.17, 15) is 4.39 Å². The van der Waals surface area contributed by atoms with Gasteiger partial charge in [-0.3, -0.25) is 0 Å². The molecule has 0 spiro atoms. The van der Waals surface area contributed by atoms with Crippen molar-refractivity contribution < 1.29 is 4.39 Å². The number of hydrogen-bond acceptors (Lipinski definition) is 1. The van der Waals surface area contributed by atoms with Crippen LogP contribution in [0.2, 0.25) is 5.02 Å². The molecule has 0 saturated heterocycles. The van der Waals surface area contributed by atoms with Crippen molar-refractivity contribution in [2.24, 2.45) is 0 Å². The first kappa shape index (κ1) is 9.04. The predicted octanol–water partition coefficient (Wildman–Crippen LogP) is 3.03. The van der Waals surface area contributed by atoms with Gasteiger partial charge in [-0.1, -0.05) is 11.6 Å². The molecular formula is C10H6ClFN2. The summed E-state index contributed by atoms with van der Waals surface area (Å²) in [6.07, 6.45) is 1.95. The van der Waals surface area contributed by atoms with Crippen molar-refractivity contribution in [2.45, 2.75) is 6.42 Å². The summed E-state index contributed by atoms with van der Waals surface area (Å²) >= 11 is 5.88. The van der Waals surface area contributed by atoms with E-state index in [4.69, 9.17) is 16.9 Å². The fourth-order valence-corrected chi connectivity index (χ4v) is 1.80. The number of H-pyrrole nitrogens is 1. The van der Waals surface area contributed by atoms with Crippen molar-refractivity contribution in [3.8, 4) is 6.07 Å². The second kappa shape index (κ2) is 3.32. The number of nitrogens with zero attached hydrogens (tertiary/aromatic N) is 1. The molecule has 14 heavy (non-hydrogen) atoms. The van der Waals surface area contributed by atoms with Crippen LogP contribution >= 0.6 is 11.6 Å². The van der Waals surface area contributed by atoms with E-state index in [1.807, 2.05) is 6.07 Å². The third-order valence-corrected chi connectivity index (χ3v) is 2.35. The summed E-state index contributed by atoms with van der Waals surface area (Å²) in [5, 5.41) is 9.63. The number of halogens is 2. The number of nitriles is 1. The lowest BCUT2D eigenvalue weighted by Gasteiger charge is -1.96. The maximum absolute atomic E-state index is 12.9. The molecule has 0 fully saturated rings. The number of hydrogen-bond donors (Lipinski definition) is 1. The van der Waals surface area contributed by atoms with Gasteiger partial charge in [0.15, 0.2) is 0 Å². The number of nitrogens with one attached hydrogen (secondary N) is 1. The first-order valence-electron chi connectivity index (χ1n) is 4.04. The highest BCUT2D eigenvalue weighted by atomic mass is 35.5. The molecule has 0 radical (unpaired) electrons. The Morgan fingerprint density at radius 1 is 1.50 bits per heavy atom. The molecule has 1 heterocycles. The summed E-state index contributed by atoms with van der Waals surface area (Å²) in [5.74, 6) is -0.382. The van der Waals surface area contributed by atoms with Crippen LogP contribution in [0.25, 0.3) is 10.9 Å². The van der Waals surface area contributed by atoms with Gasteiger partial charge in [0.05, 0.1) is 23.0 Å². The van der Waals surface area contributed by atoms with E-state index < -0.39 is 0 Å². The SMILES string of the molecule is N#CCc1c[nH]c2cc(F)cc(Cl)c12. The van der Waals surface area contributed by atoms with Crippen LogP contribution in [-0.2, 0) is 6.42 Å². The summed E-state index contributed by atoms with van der Waals surface area (Å²) in [5.41, 5.74) is 1.42. The van der Waals surface area contributed by atoms with Crippen molar-refractivity contribution >= 4 is 22.5 Å². The molecule has 70 valence electrons. The average Bonchev–Trinajstić information content (AvgIpc) is 2.49. The van der Waals surface area contributed by atoms with Crippen molar-refractivity contribution in [1.82, 2.24) is 4.98 Å². The largest absolute Gasteiger partial charge is 0.361 e. The third kappa shape index (κ3) is 1.34. The molecule has 1 N–H and O–H groups in total. The topological polar surface area (TPSA) is 39.6 Å². The summed E-state index contributed by atoms with van der Waals surface area (Å²) in [7, 11) is 0. The lowest BCUT2D eigenvalue weighted by molar-refractivity contribution is 0.629. The average molecular weight is 209 g/mol. The van der Waals surface area contributed by atoms with E-state index in [-0.39, 0.29) is 12.2 Å². The van der Waals surface area contributed by atoms with E-state index in [0.29, 0.717) is 10.5 Å². The quantitative estimate of drug-likeness (QED) is 0.769. The molecule has 0 bridgehead atoms. The van der Waals surface area contributed by atoms with Crippen molar-refractivity contribution in [1.29, 1.82) is 5.26 Å². The molecule has 0 aliphatic carbocycles. The van der Waals surface area contributed by atoms with E-state index in [1.165, 1.54) is 12.1 Å². The molecule has 2 nitrogen and oxygen atoms in total. The van der Waals surface area contributed by atoms with Gasteiger partial charge in [-0.25, -0.2) is 4.39 Å². The third-order valence-electron chi connectivity index (χ3n) is 2.05. The Labute approximate surface area is 84.9 Å². The highest BCUT2D eigenvalue weighted by molar-refractivity contribution is 6.35. The summed E-state index contributed by atoms with van der Waals surface area (Å²) in [4.78, 5) is 2.88. The smallest absolute Gasteiger partial charge is 0.126 e. The molecule has 0 saturated carbocycles. The Balaban J connectivity index is 2.74. The zero-order valence-corrected chi connectivity index (χ0v) is 7.90. The molecule has 0 unspecified atom stereocenters. The van der Waals surface area contributed by atoms with Crippen molar-refractivity contribution in [3.05, 3.63) is 34.7 Å². The van der Waals surface area contributed by atoms with Crippen LogP contribution in [-0.4, -0.2) is 4.98 Å². The van der Waals surface area contributed by atoms with Gasteiger partial charge in [0, 0.05) is 11.6 Å². The summed E-state index contributed by atoms with van der Waals surface area (Å²) < 4.78 is 12.9. The van der Waals surface area contributed by atoms with E-state index in [0.717, 1.165) is 10.9 Å². The fraction of sp³-hybridized carbons (Fsp3) is 0.100. The molecule has 2 aromatic rings. The minimum absolute atomic E-state index is 0.269. The Morgan fingerprint density at radius 2 is 2.29 bits per heavy atom. The Morgan fingerprint density at radius 3 is 3.00 bits per heavy atom. The lowest BCUT2D eigenvalue weighted by atomic mass is 10.1. The monoisotopic (exact) mass is 208 g/mol. The molecule has 4 heteroatoms. The van der Waals surface area contributed by atoms with Crippen molar-refractivity contribution in [2.75, 3.05) is 0 Å². The van der Waals surface area contributed by atoms with Crippen LogP contribution in [0.5, 0.6) is 0 Å². The number of rotatable bonds is 1. The second-order valence-corrected chi connectivity index (χ2v) is 3.37. The van der Waals surface area contributed by atoms with Gasteiger partial charge in [-0.05, 0) is 17.7 Å². The first-order valence-corrected chi connectivity index (χ1v) is 4.42. The zero-order valence-electron chi connectivity index (χ0n) is 7.14. The molecule has 0 aliphatic rings. The summed E-state index contributed by atoms with van der Waals surface area (Å²) in [6, 6.07) is 4.64. The Bertz CT molecular complexity index is 525. The molecule has 0 aliphatic heterocycles. The highest BCUT2D eigenvalue weighted by Crippen LogP contribution is 2.27. The molecule has 0 atom stereocenters. The predicted molar refractivity (Wildman–Crippen MR) is 52.6 cm³/mol. The zero-order chi connectivity index (χ0) is 10.1.